The van der Waals surface area contributed by atoms with Crippen molar-refractivity contribution in [1.29, 1.82) is 0 Å². The smallest absolute Gasteiger partial charge is 0.275 e. The van der Waals surface area contributed by atoms with Gasteiger partial charge in [-0.15, -0.1) is 23.1 Å². The molecule has 0 unspecified atom stereocenters. The predicted octanol–water partition coefficient (Wildman–Crippen LogP) is 3.26. The summed E-state index contributed by atoms with van der Waals surface area (Å²) in [4.78, 5) is 14.4. The van der Waals surface area contributed by atoms with Crippen LogP contribution in [-0.4, -0.2) is 5.91 Å². The average molecular weight is 292 g/mol. The monoisotopic (exact) mass is 292 g/mol. The van der Waals surface area contributed by atoms with Crippen LogP contribution in [0.2, 0.25) is 0 Å². The van der Waals surface area contributed by atoms with Gasteiger partial charge in [-0.3, -0.25) is 10.2 Å². The third-order valence-electron chi connectivity index (χ3n) is 2.88. The number of carbonyl (C=O) groups excluding carboxylic acids is 1. The van der Waals surface area contributed by atoms with E-state index in [9.17, 15) is 4.79 Å². The summed E-state index contributed by atoms with van der Waals surface area (Å²) in [5.74, 6) is 5.75. The van der Waals surface area contributed by atoms with Crippen LogP contribution in [0.25, 0.3) is 0 Å². The summed E-state index contributed by atoms with van der Waals surface area (Å²) < 4.78 is 0. The van der Waals surface area contributed by atoms with Crippen LogP contribution in [0.15, 0.2) is 35.2 Å². The van der Waals surface area contributed by atoms with Crippen molar-refractivity contribution in [3.8, 4) is 0 Å². The van der Waals surface area contributed by atoms with Crippen LogP contribution in [0.3, 0.4) is 0 Å². The maximum Gasteiger partial charge on any atom is 0.275 e. The third kappa shape index (κ3) is 3.59. The van der Waals surface area contributed by atoms with Gasteiger partial charge in [0.1, 0.15) is 0 Å². The van der Waals surface area contributed by atoms with E-state index in [2.05, 4.69) is 37.5 Å². The zero-order valence-electron chi connectivity index (χ0n) is 10.9. The van der Waals surface area contributed by atoms with E-state index in [1.165, 1.54) is 32.2 Å². The van der Waals surface area contributed by atoms with Crippen molar-refractivity contribution in [2.45, 2.75) is 24.5 Å². The van der Waals surface area contributed by atoms with Gasteiger partial charge in [-0.25, -0.2) is 5.84 Å². The number of hydrogen-bond donors (Lipinski definition) is 2. The largest absolute Gasteiger partial charge is 0.289 e. The Hall–Kier alpha value is -1.30. The van der Waals surface area contributed by atoms with Crippen LogP contribution in [0, 0.1) is 13.8 Å². The number of carbonyl (C=O) groups is 1. The molecule has 0 fully saturated rings. The van der Waals surface area contributed by atoms with Crippen molar-refractivity contribution >= 4 is 29.0 Å². The number of nitrogen functional groups attached to an aromatic ring is 1. The lowest BCUT2D eigenvalue weighted by atomic mass is 10.1. The first-order valence-corrected chi connectivity index (χ1v) is 7.70. The molecule has 2 aromatic rings. The molecule has 1 aromatic heterocycles. The molecule has 3 N–H and O–H groups in total. The van der Waals surface area contributed by atoms with Crippen molar-refractivity contribution in [3.05, 3.63) is 51.2 Å². The van der Waals surface area contributed by atoms with Crippen LogP contribution in [0.4, 0.5) is 0 Å². The Kier molecular flexibility index (Phi) is 4.63. The Balaban J connectivity index is 2.00. The molecule has 1 heterocycles. The van der Waals surface area contributed by atoms with E-state index >= 15 is 0 Å². The van der Waals surface area contributed by atoms with Crippen LogP contribution >= 0.6 is 23.1 Å². The highest BCUT2D eigenvalue weighted by Crippen LogP contribution is 2.28. The molecule has 0 radical (unpaired) electrons. The number of hydrogen-bond acceptors (Lipinski definition) is 4. The number of benzene rings is 1. The summed E-state index contributed by atoms with van der Waals surface area (Å²) in [6, 6.07) is 10.3. The van der Waals surface area contributed by atoms with Gasteiger partial charge < -0.3 is 0 Å². The zero-order valence-corrected chi connectivity index (χ0v) is 12.5. The van der Waals surface area contributed by atoms with Gasteiger partial charge in [0, 0.05) is 15.5 Å². The molecule has 0 bridgehead atoms. The summed E-state index contributed by atoms with van der Waals surface area (Å²) in [7, 11) is 0. The SMILES string of the molecule is Cc1ccc(SCc2ccc(C(=O)NN)s2)cc1C. The molecule has 1 aromatic carbocycles. The lowest BCUT2D eigenvalue weighted by Gasteiger charge is -2.04. The molecule has 0 aliphatic carbocycles. The molecule has 5 heteroatoms. The van der Waals surface area contributed by atoms with Crippen molar-refractivity contribution in [1.82, 2.24) is 5.43 Å². The second-order valence-corrected chi connectivity index (χ2v) is 6.49. The first-order valence-electron chi connectivity index (χ1n) is 5.90. The average Bonchev–Trinajstić information content (AvgIpc) is 2.88. The van der Waals surface area contributed by atoms with Crippen molar-refractivity contribution in [3.63, 3.8) is 0 Å². The number of hydrazine groups is 1. The number of rotatable bonds is 4. The first kappa shape index (κ1) is 14.1. The van der Waals surface area contributed by atoms with Gasteiger partial charge in [-0.2, -0.15) is 0 Å². The zero-order chi connectivity index (χ0) is 13.8. The van der Waals surface area contributed by atoms with E-state index in [0.29, 0.717) is 4.88 Å². The predicted molar refractivity (Wildman–Crippen MR) is 81.4 cm³/mol. The van der Waals surface area contributed by atoms with Gasteiger partial charge >= 0.3 is 0 Å². The Bertz CT molecular complexity index is 593. The molecule has 3 nitrogen and oxygen atoms in total. The molecule has 2 rings (SSSR count). The second kappa shape index (κ2) is 6.23. The van der Waals surface area contributed by atoms with E-state index in [1.54, 1.807) is 11.8 Å². The van der Waals surface area contributed by atoms with Crippen molar-refractivity contribution in [2.75, 3.05) is 0 Å². The van der Waals surface area contributed by atoms with Crippen LogP contribution in [0.5, 0.6) is 0 Å². The lowest BCUT2D eigenvalue weighted by molar-refractivity contribution is 0.0957. The summed E-state index contributed by atoms with van der Waals surface area (Å²) >= 11 is 3.26. The highest BCUT2D eigenvalue weighted by Gasteiger charge is 2.07. The maximum atomic E-state index is 11.4. The number of amides is 1. The van der Waals surface area contributed by atoms with Gasteiger partial charge in [-0.1, -0.05) is 6.07 Å². The highest BCUT2D eigenvalue weighted by molar-refractivity contribution is 7.98. The Labute approximate surface area is 121 Å². The fraction of sp³-hybridized carbons (Fsp3) is 0.214. The lowest BCUT2D eigenvalue weighted by Crippen LogP contribution is -2.29. The van der Waals surface area contributed by atoms with Gasteiger partial charge in [0.05, 0.1) is 4.88 Å². The maximum absolute atomic E-state index is 11.4. The number of thiophene rings is 1. The van der Waals surface area contributed by atoms with E-state index in [1.807, 2.05) is 12.1 Å². The quantitative estimate of drug-likeness (QED) is 0.393. The number of thioether (sulfide) groups is 1. The van der Waals surface area contributed by atoms with Gasteiger partial charge in [-0.05, 0) is 49.2 Å². The molecule has 19 heavy (non-hydrogen) atoms. The summed E-state index contributed by atoms with van der Waals surface area (Å²) in [6.07, 6.45) is 0. The summed E-state index contributed by atoms with van der Waals surface area (Å²) in [6.45, 7) is 4.23. The second-order valence-electron chi connectivity index (χ2n) is 4.27. The molecule has 0 aliphatic rings. The standard InChI is InChI=1S/C14H16N2OS2/c1-9-3-4-11(7-10(9)2)18-8-12-5-6-13(19-12)14(17)16-15/h3-7H,8,15H2,1-2H3,(H,16,17). The molecule has 0 saturated heterocycles. The first-order chi connectivity index (χ1) is 9.10. The normalized spacial score (nSPS) is 10.5. The fourth-order valence-electron chi connectivity index (χ4n) is 1.61. The number of nitrogens with one attached hydrogen (secondary N) is 1. The Morgan fingerprint density at radius 1 is 1.26 bits per heavy atom. The Morgan fingerprint density at radius 2 is 2.05 bits per heavy atom. The van der Waals surface area contributed by atoms with Crippen LogP contribution < -0.4 is 11.3 Å². The van der Waals surface area contributed by atoms with Gasteiger partial charge in [0.15, 0.2) is 0 Å². The Morgan fingerprint density at radius 3 is 2.74 bits per heavy atom. The van der Waals surface area contributed by atoms with Gasteiger partial charge in [0.2, 0.25) is 0 Å². The molecule has 0 atom stereocenters. The minimum absolute atomic E-state index is 0.229. The van der Waals surface area contributed by atoms with Gasteiger partial charge in [0.25, 0.3) is 5.91 Å². The molecule has 0 aliphatic heterocycles. The highest BCUT2D eigenvalue weighted by atomic mass is 32.2. The van der Waals surface area contributed by atoms with E-state index < -0.39 is 0 Å². The summed E-state index contributed by atoms with van der Waals surface area (Å²) in [5, 5.41) is 0. The minimum atomic E-state index is -0.229. The van der Waals surface area contributed by atoms with Crippen LogP contribution in [-0.2, 0) is 5.75 Å². The number of aryl methyl sites for hydroxylation is 2. The molecule has 0 saturated carbocycles. The third-order valence-corrected chi connectivity index (χ3v) is 5.19. The molecular weight excluding hydrogens is 276 g/mol. The van der Waals surface area contributed by atoms with E-state index in [-0.39, 0.29) is 5.91 Å². The fourth-order valence-corrected chi connectivity index (χ4v) is 3.56. The van der Waals surface area contributed by atoms with Crippen LogP contribution in [0.1, 0.15) is 25.7 Å². The molecule has 100 valence electrons. The van der Waals surface area contributed by atoms with E-state index in [4.69, 9.17) is 5.84 Å². The molecule has 0 spiro atoms. The topological polar surface area (TPSA) is 55.1 Å². The van der Waals surface area contributed by atoms with E-state index in [0.717, 1.165) is 5.75 Å². The summed E-state index contributed by atoms with van der Waals surface area (Å²) in [5.41, 5.74) is 4.76. The molecular formula is C14H16N2OS2. The minimum Gasteiger partial charge on any atom is -0.289 e. The molecule has 1 amide bonds. The van der Waals surface area contributed by atoms with Crippen molar-refractivity contribution < 1.29 is 4.79 Å². The van der Waals surface area contributed by atoms with Crippen molar-refractivity contribution in [2.24, 2.45) is 5.84 Å². The number of nitrogens with two attached hydrogens (primary N) is 1.